The average molecular weight is 678 g/mol. The summed E-state index contributed by atoms with van der Waals surface area (Å²) in [6.07, 6.45) is -0.0320. The third-order valence-corrected chi connectivity index (χ3v) is 10.3. The highest BCUT2D eigenvalue weighted by Crippen LogP contribution is 2.61. The molecule has 4 aliphatic rings. The number of hydrogen-bond donors (Lipinski definition) is 0. The SMILES string of the molecule is O=C(c1ccc(Cl)cc1)[C@H](CCCl)N(C(=O)c1ccc(Cl)c(Cl)c1)N1C(=O)[C@H]2C3c4ccccc4C(c4ccccc43)[C@@H]2C1=O. The third kappa shape index (κ3) is 4.69. The number of amides is 3. The van der Waals surface area contributed by atoms with E-state index < -0.39 is 53.2 Å². The van der Waals surface area contributed by atoms with Crippen LogP contribution in [0.2, 0.25) is 15.1 Å². The lowest BCUT2D eigenvalue weighted by molar-refractivity contribution is -0.156. The molecule has 2 bridgehead atoms. The standard InChI is InChI=1S/C35H24Cl4N2O4/c36-16-15-27(32(42)18-9-12-20(37)13-10-18)40(33(43)19-11-14-25(38)26(39)17-19)41-34(44)30-28-21-5-1-2-6-22(21)29(31(30)35(41)45)24-8-4-3-7-23(24)28/h1-14,17,27-31H,15-16H2/t27-,28?,29?,30-,31-/m0/s1. The summed E-state index contributed by atoms with van der Waals surface area (Å²) in [6, 6.07) is 24.9. The van der Waals surface area contributed by atoms with Crippen LogP contribution in [0.15, 0.2) is 91.0 Å². The fourth-order valence-electron chi connectivity index (χ4n) is 7.28. The summed E-state index contributed by atoms with van der Waals surface area (Å²) in [6.45, 7) is 0. The van der Waals surface area contributed by atoms with E-state index in [2.05, 4.69) is 0 Å². The molecule has 0 unspecified atom stereocenters. The van der Waals surface area contributed by atoms with Crippen LogP contribution in [-0.2, 0) is 9.59 Å². The molecule has 3 aliphatic carbocycles. The molecule has 4 aromatic carbocycles. The lowest BCUT2D eigenvalue weighted by Gasteiger charge is -2.45. The van der Waals surface area contributed by atoms with Crippen LogP contribution < -0.4 is 0 Å². The molecule has 45 heavy (non-hydrogen) atoms. The van der Waals surface area contributed by atoms with E-state index in [1.807, 2.05) is 48.5 Å². The maximum absolute atomic E-state index is 14.7. The number of rotatable bonds is 7. The molecule has 4 aromatic rings. The van der Waals surface area contributed by atoms with Crippen molar-refractivity contribution in [2.75, 3.05) is 5.88 Å². The van der Waals surface area contributed by atoms with Crippen molar-refractivity contribution >= 4 is 69.9 Å². The molecular weight excluding hydrogens is 654 g/mol. The topological polar surface area (TPSA) is 74.8 Å². The van der Waals surface area contributed by atoms with E-state index in [9.17, 15) is 19.2 Å². The van der Waals surface area contributed by atoms with E-state index in [4.69, 9.17) is 46.4 Å². The lowest BCUT2D eigenvalue weighted by atomic mass is 9.55. The van der Waals surface area contributed by atoms with Crippen LogP contribution in [0.5, 0.6) is 0 Å². The summed E-state index contributed by atoms with van der Waals surface area (Å²) >= 11 is 24.8. The predicted octanol–water partition coefficient (Wildman–Crippen LogP) is 7.78. The van der Waals surface area contributed by atoms with Crippen LogP contribution in [0.25, 0.3) is 0 Å². The van der Waals surface area contributed by atoms with Crippen molar-refractivity contribution < 1.29 is 19.2 Å². The number of carbonyl (C=O) groups is 4. The minimum absolute atomic E-state index is 0.0274. The number of hydrogen-bond acceptors (Lipinski definition) is 4. The molecule has 226 valence electrons. The molecule has 1 aliphatic heterocycles. The Kier molecular flexibility index (Phi) is 7.73. The Labute approximate surface area is 279 Å². The van der Waals surface area contributed by atoms with Gasteiger partial charge in [0.2, 0.25) is 0 Å². The number of ketones is 1. The molecule has 10 heteroatoms. The molecule has 0 saturated carbocycles. The van der Waals surface area contributed by atoms with Crippen molar-refractivity contribution in [3.63, 3.8) is 0 Å². The van der Waals surface area contributed by atoms with Gasteiger partial charge in [0, 0.05) is 33.9 Å². The van der Waals surface area contributed by atoms with Gasteiger partial charge in [0.05, 0.1) is 21.9 Å². The molecule has 0 N–H and O–H groups in total. The number of imide groups is 1. The summed E-state index contributed by atoms with van der Waals surface area (Å²) in [4.78, 5) is 58.0. The quantitative estimate of drug-likeness (QED) is 0.114. The zero-order valence-corrected chi connectivity index (χ0v) is 26.5. The van der Waals surface area contributed by atoms with Crippen molar-refractivity contribution in [3.8, 4) is 0 Å². The summed E-state index contributed by atoms with van der Waals surface area (Å²) < 4.78 is 0. The van der Waals surface area contributed by atoms with Gasteiger partial charge in [0.15, 0.2) is 5.78 Å². The first-order valence-corrected chi connectivity index (χ1v) is 16.1. The van der Waals surface area contributed by atoms with Crippen molar-refractivity contribution in [1.82, 2.24) is 10.0 Å². The van der Waals surface area contributed by atoms with Gasteiger partial charge in [-0.25, -0.2) is 5.01 Å². The molecule has 6 nitrogen and oxygen atoms in total. The van der Waals surface area contributed by atoms with Crippen LogP contribution in [0.3, 0.4) is 0 Å². The van der Waals surface area contributed by atoms with Crippen molar-refractivity contribution in [2.45, 2.75) is 24.3 Å². The van der Waals surface area contributed by atoms with Crippen LogP contribution in [0.1, 0.15) is 61.2 Å². The fraction of sp³-hybridized carbons (Fsp3) is 0.200. The Balaban J connectivity index is 1.39. The maximum Gasteiger partial charge on any atom is 0.273 e. The van der Waals surface area contributed by atoms with Gasteiger partial charge in [-0.3, -0.25) is 19.2 Å². The second kappa shape index (κ2) is 11.6. The average Bonchev–Trinajstić information content (AvgIpc) is 3.31. The highest BCUT2D eigenvalue weighted by atomic mass is 35.5. The van der Waals surface area contributed by atoms with Gasteiger partial charge >= 0.3 is 0 Å². The zero-order valence-electron chi connectivity index (χ0n) is 23.5. The van der Waals surface area contributed by atoms with E-state index in [0.717, 1.165) is 32.3 Å². The summed E-state index contributed by atoms with van der Waals surface area (Å²) in [5.74, 6) is -4.68. The summed E-state index contributed by atoms with van der Waals surface area (Å²) in [5, 5.41) is 2.66. The van der Waals surface area contributed by atoms with Gasteiger partial charge in [-0.2, -0.15) is 5.01 Å². The molecule has 1 fully saturated rings. The van der Waals surface area contributed by atoms with Crippen LogP contribution in [0, 0.1) is 11.8 Å². The highest BCUT2D eigenvalue weighted by molar-refractivity contribution is 6.42. The van der Waals surface area contributed by atoms with E-state index in [1.54, 1.807) is 12.1 Å². The minimum atomic E-state index is -1.29. The molecule has 8 rings (SSSR count). The molecule has 0 spiro atoms. The summed E-state index contributed by atoms with van der Waals surface area (Å²) in [5.41, 5.74) is 4.25. The van der Waals surface area contributed by atoms with Gasteiger partial charge in [0.1, 0.15) is 6.04 Å². The van der Waals surface area contributed by atoms with Gasteiger partial charge in [-0.05, 0) is 71.1 Å². The van der Waals surface area contributed by atoms with Crippen LogP contribution >= 0.6 is 46.4 Å². The fourth-order valence-corrected chi connectivity index (χ4v) is 7.91. The Bertz CT molecular complexity index is 1780. The normalized spacial score (nSPS) is 21.6. The highest BCUT2D eigenvalue weighted by Gasteiger charge is 2.63. The first kappa shape index (κ1) is 30.0. The first-order valence-electron chi connectivity index (χ1n) is 14.4. The molecular formula is C35H24Cl4N2O4. The Hall–Kier alpha value is -3.68. The summed E-state index contributed by atoms with van der Waals surface area (Å²) in [7, 11) is 0. The smallest absolute Gasteiger partial charge is 0.273 e. The lowest BCUT2D eigenvalue weighted by Crippen LogP contribution is -2.57. The van der Waals surface area contributed by atoms with E-state index in [-0.39, 0.29) is 33.5 Å². The Morgan fingerprint density at radius 2 is 1.18 bits per heavy atom. The largest absolute Gasteiger partial charge is 0.292 e. The number of Topliss-reactive ketones (excluding diaryl/α,β-unsaturated/α-hetero) is 1. The maximum atomic E-state index is 14.7. The minimum Gasteiger partial charge on any atom is -0.292 e. The number of alkyl halides is 1. The van der Waals surface area contributed by atoms with Crippen molar-refractivity contribution in [1.29, 1.82) is 0 Å². The van der Waals surface area contributed by atoms with Crippen molar-refractivity contribution in [3.05, 3.63) is 139 Å². The van der Waals surface area contributed by atoms with Crippen molar-refractivity contribution in [2.24, 2.45) is 11.8 Å². The van der Waals surface area contributed by atoms with E-state index in [0.29, 0.717) is 5.02 Å². The molecule has 0 aromatic heterocycles. The van der Waals surface area contributed by atoms with Crippen LogP contribution in [-0.4, -0.2) is 45.4 Å². The second-order valence-electron chi connectivity index (χ2n) is 11.4. The molecule has 0 radical (unpaired) electrons. The van der Waals surface area contributed by atoms with Gasteiger partial charge < -0.3 is 0 Å². The van der Waals surface area contributed by atoms with Gasteiger partial charge in [0.25, 0.3) is 17.7 Å². The molecule has 1 heterocycles. The van der Waals surface area contributed by atoms with E-state index in [1.165, 1.54) is 30.3 Å². The number of carbonyl (C=O) groups excluding carboxylic acids is 4. The number of nitrogens with zero attached hydrogens (tertiary/aromatic N) is 2. The molecule has 3 atom stereocenters. The molecule has 1 saturated heterocycles. The Morgan fingerprint density at radius 1 is 0.689 bits per heavy atom. The van der Waals surface area contributed by atoms with Crippen LogP contribution in [0.4, 0.5) is 0 Å². The Morgan fingerprint density at radius 3 is 1.64 bits per heavy atom. The molecule has 3 amide bonds. The van der Waals surface area contributed by atoms with Gasteiger partial charge in [-0.15, -0.1) is 11.6 Å². The zero-order chi connectivity index (χ0) is 31.6. The third-order valence-electron chi connectivity index (χ3n) is 9.12. The number of benzene rings is 4. The second-order valence-corrected chi connectivity index (χ2v) is 13.0. The van der Waals surface area contributed by atoms with Gasteiger partial charge in [-0.1, -0.05) is 83.3 Å². The number of halogens is 4. The first-order chi connectivity index (χ1) is 21.7. The number of hydrazine groups is 1. The predicted molar refractivity (Wildman–Crippen MR) is 173 cm³/mol. The monoisotopic (exact) mass is 676 g/mol. The van der Waals surface area contributed by atoms with E-state index >= 15 is 0 Å².